The Morgan fingerprint density at radius 2 is 0.477 bits per heavy atom. The van der Waals surface area contributed by atoms with E-state index >= 15 is 0 Å². The predicted octanol–water partition coefficient (Wildman–Crippen LogP) is -2.68. The van der Waals surface area contributed by atoms with Gasteiger partial charge >= 0.3 is 0 Å². The predicted molar refractivity (Wildman–Crippen MR) is 187 cm³/mol. The van der Waals surface area contributed by atoms with Crippen LogP contribution in [0.15, 0.2) is 0 Å². The van der Waals surface area contributed by atoms with Crippen molar-refractivity contribution in [3.63, 3.8) is 0 Å². The molecule has 0 aromatic heterocycles. The summed E-state index contributed by atoms with van der Waals surface area (Å²) in [5, 5.41) is 13.9. The highest BCUT2D eigenvalue weighted by Crippen LogP contribution is 2.01. The highest BCUT2D eigenvalue weighted by molar-refractivity contribution is 4.73. The molecule has 0 bridgehead atoms. The molecule has 4 N–H and O–H groups in total. The maximum Gasteiger partial charge on any atom is 0.0110 e. The van der Waals surface area contributed by atoms with Crippen molar-refractivity contribution < 1.29 is 0 Å². The van der Waals surface area contributed by atoms with E-state index in [0.29, 0.717) is 0 Å². The van der Waals surface area contributed by atoms with Gasteiger partial charge in [0, 0.05) is 183 Å². The molecule has 0 aromatic rings. The third-order valence-corrected chi connectivity index (χ3v) is 9.76. The van der Waals surface area contributed by atoms with Crippen LogP contribution in [0.4, 0.5) is 0 Å². The van der Waals surface area contributed by atoms with E-state index < -0.39 is 0 Å². The lowest BCUT2D eigenvalue weighted by atomic mass is 10.3. The first-order chi connectivity index (χ1) is 21.5. The summed E-state index contributed by atoms with van der Waals surface area (Å²) in [7, 11) is 9.02. The Labute approximate surface area is 271 Å². The fraction of sp³-hybridized carbons (Fsp3) is 1.00. The molecule has 4 aliphatic rings. The van der Waals surface area contributed by atoms with E-state index in [0.717, 1.165) is 52.4 Å². The molecule has 0 saturated carbocycles. The molecule has 0 atom stereocenters. The number of hydrogen-bond donors (Lipinski definition) is 4. The largest absolute Gasteiger partial charge is 0.314 e. The number of rotatable bonds is 6. The molecule has 260 valence electrons. The van der Waals surface area contributed by atoms with Gasteiger partial charge in [-0.05, 0) is 28.2 Å². The summed E-state index contributed by atoms with van der Waals surface area (Å²) < 4.78 is 0. The van der Waals surface area contributed by atoms with Crippen LogP contribution in [0, 0.1) is 0 Å². The minimum Gasteiger partial charge on any atom is -0.314 e. The van der Waals surface area contributed by atoms with E-state index in [-0.39, 0.29) is 0 Å². The van der Waals surface area contributed by atoms with Gasteiger partial charge in [-0.1, -0.05) is 0 Å². The topological polar surface area (TPSA) is 74.0 Å². The summed E-state index contributed by atoms with van der Waals surface area (Å²) in [6, 6.07) is 0. The summed E-state index contributed by atoms with van der Waals surface area (Å²) in [6.45, 7) is 32.7. The van der Waals surface area contributed by atoms with Crippen molar-refractivity contribution in [2.24, 2.45) is 0 Å². The quantitative estimate of drug-likeness (QED) is 0.249. The molecule has 0 amide bonds. The average molecular weight is 625 g/mol. The molecule has 0 unspecified atom stereocenters. The van der Waals surface area contributed by atoms with Crippen LogP contribution < -0.4 is 21.3 Å². The Balaban J connectivity index is 0.000000244. The van der Waals surface area contributed by atoms with Crippen molar-refractivity contribution in [2.45, 2.75) is 0 Å². The molecule has 12 nitrogen and oxygen atoms in total. The zero-order chi connectivity index (χ0) is 31.2. The van der Waals surface area contributed by atoms with Crippen molar-refractivity contribution in [3.05, 3.63) is 0 Å². The molecule has 4 saturated heterocycles. The first-order valence-corrected chi connectivity index (χ1v) is 17.9. The molecule has 4 aliphatic heterocycles. The molecular weight excluding hydrogens is 552 g/mol. The van der Waals surface area contributed by atoms with Gasteiger partial charge in [-0.15, -0.1) is 0 Å². The van der Waals surface area contributed by atoms with E-state index in [1.165, 1.54) is 131 Å². The minimum atomic E-state index is 1.09. The van der Waals surface area contributed by atoms with Crippen LogP contribution in [-0.4, -0.2) is 251 Å². The normalized spacial score (nSPS) is 26.5. The fourth-order valence-electron chi connectivity index (χ4n) is 6.09. The van der Waals surface area contributed by atoms with Gasteiger partial charge < -0.3 is 40.9 Å². The summed E-state index contributed by atoms with van der Waals surface area (Å²) >= 11 is 0. The number of nitrogens with one attached hydrogen (secondary N) is 4. The van der Waals surface area contributed by atoms with Gasteiger partial charge in [-0.25, -0.2) is 0 Å². The highest BCUT2D eigenvalue weighted by Gasteiger charge is 2.16. The van der Waals surface area contributed by atoms with Gasteiger partial charge in [0.1, 0.15) is 0 Å². The lowest BCUT2D eigenvalue weighted by Gasteiger charge is -2.29. The monoisotopic (exact) mass is 625 g/mol. The Kier molecular flexibility index (Phi) is 20.5. The van der Waals surface area contributed by atoms with Gasteiger partial charge in [0.15, 0.2) is 0 Å². The molecule has 0 spiro atoms. The third kappa shape index (κ3) is 18.0. The standard InChI is InChI=1S/C18H40N6.C14H32N6/c1-19-5-6-20(2)10-14-23(13-9-19)17-18-24-15-11-21(3)7-8-22(4)12-16-24;1-2-16-6-10-19(9-5-15-1)13-14-20-11-7-17-3-4-18-8-12-20/h5-18H2,1-4H3;15-18H,1-14H2. The SMILES string of the molecule is C1CNCCN(CCN2CCNCCNCC2)CCN1.CN1CCN(C)CCN(CCN2CCN(C)CCN(C)CC2)CC1. The van der Waals surface area contributed by atoms with Gasteiger partial charge in [0.05, 0.1) is 0 Å². The third-order valence-electron chi connectivity index (χ3n) is 9.76. The van der Waals surface area contributed by atoms with Gasteiger partial charge in [-0.3, -0.25) is 19.6 Å². The van der Waals surface area contributed by atoms with E-state index in [1.54, 1.807) is 0 Å². The zero-order valence-corrected chi connectivity index (χ0v) is 29.4. The number of nitrogens with zero attached hydrogens (tertiary/aromatic N) is 8. The van der Waals surface area contributed by atoms with Crippen LogP contribution in [0.3, 0.4) is 0 Å². The molecule has 4 rings (SSSR count). The molecule has 44 heavy (non-hydrogen) atoms. The number of hydrogen-bond acceptors (Lipinski definition) is 12. The maximum absolute atomic E-state index is 3.48. The van der Waals surface area contributed by atoms with E-state index in [9.17, 15) is 0 Å². The molecule has 0 aromatic carbocycles. The minimum absolute atomic E-state index is 1.09. The van der Waals surface area contributed by atoms with Crippen LogP contribution in [0.5, 0.6) is 0 Å². The molecule has 4 fully saturated rings. The zero-order valence-electron chi connectivity index (χ0n) is 29.4. The maximum atomic E-state index is 3.48. The summed E-state index contributed by atoms with van der Waals surface area (Å²) in [5.41, 5.74) is 0. The fourth-order valence-corrected chi connectivity index (χ4v) is 6.09. The first kappa shape index (κ1) is 38.0. The second kappa shape index (κ2) is 23.8. The Bertz CT molecular complexity index is 584. The molecular formula is C32H72N12. The second-order valence-electron chi connectivity index (χ2n) is 13.6. The average Bonchev–Trinajstić information content (AvgIpc) is 3.32. The molecule has 0 aliphatic carbocycles. The Morgan fingerprint density at radius 3 is 0.727 bits per heavy atom. The van der Waals surface area contributed by atoms with E-state index in [1.807, 2.05) is 0 Å². The highest BCUT2D eigenvalue weighted by atomic mass is 15.3. The van der Waals surface area contributed by atoms with Gasteiger partial charge in [0.25, 0.3) is 0 Å². The molecule has 0 radical (unpaired) electrons. The smallest absolute Gasteiger partial charge is 0.0110 e. The lowest BCUT2D eigenvalue weighted by molar-refractivity contribution is 0.176. The van der Waals surface area contributed by atoms with Crippen molar-refractivity contribution in [1.29, 1.82) is 0 Å². The van der Waals surface area contributed by atoms with Crippen molar-refractivity contribution in [3.8, 4) is 0 Å². The Hall–Kier alpha value is -0.480. The first-order valence-electron chi connectivity index (χ1n) is 17.9. The van der Waals surface area contributed by atoms with Gasteiger partial charge in [0.2, 0.25) is 0 Å². The van der Waals surface area contributed by atoms with Crippen LogP contribution in [0.1, 0.15) is 0 Å². The number of likely N-dealkylation sites (N-methyl/N-ethyl adjacent to an activating group) is 4. The van der Waals surface area contributed by atoms with E-state index in [2.05, 4.69) is 88.7 Å². The summed E-state index contributed by atoms with van der Waals surface area (Å²) in [5.74, 6) is 0. The second-order valence-corrected chi connectivity index (χ2v) is 13.6. The van der Waals surface area contributed by atoms with Crippen molar-refractivity contribution in [1.82, 2.24) is 60.5 Å². The lowest BCUT2D eigenvalue weighted by Crippen LogP contribution is -2.43. The van der Waals surface area contributed by atoms with Crippen LogP contribution in [0.2, 0.25) is 0 Å². The van der Waals surface area contributed by atoms with E-state index in [4.69, 9.17) is 0 Å². The summed E-state index contributed by atoms with van der Waals surface area (Å²) in [6.07, 6.45) is 0. The summed E-state index contributed by atoms with van der Waals surface area (Å²) in [4.78, 5) is 20.4. The van der Waals surface area contributed by atoms with Crippen molar-refractivity contribution >= 4 is 0 Å². The van der Waals surface area contributed by atoms with Crippen LogP contribution in [-0.2, 0) is 0 Å². The van der Waals surface area contributed by atoms with Crippen LogP contribution in [0.25, 0.3) is 0 Å². The Morgan fingerprint density at radius 1 is 0.273 bits per heavy atom. The molecule has 4 heterocycles. The van der Waals surface area contributed by atoms with Crippen molar-refractivity contribution in [2.75, 3.05) is 211 Å². The van der Waals surface area contributed by atoms with Crippen LogP contribution >= 0.6 is 0 Å². The van der Waals surface area contributed by atoms with Gasteiger partial charge in [-0.2, -0.15) is 0 Å². The molecule has 12 heteroatoms.